The van der Waals surface area contributed by atoms with E-state index in [0.29, 0.717) is 17.9 Å². The summed E-state index contributed by atoms with van der Waals surface area (Å²) >= 11 is 0. The van der Waals surface area contributed by atoms with E-state index < -0.39 is 12.1 Å². The van der Waals surface area contributed by atoms with Gasteiger partial charge in [0.1, 0.15) is 5.75 Å². The minimum absolute atomic E-state index is 0.170. The number of carbonyl (C=O) groups is 2. The summed E-state index contributed by atoms with van der Waals surface area (Å²) in [7, 11) is 1.33. The molecule has 0 aliphatic carbocycles. The van der Waals surface area contributed by atoms with Crippen LogP contribution >= 0.6 is 0 Å². The zero-order valence-electron chi connectivity index (χ0n) is 15.4. The molecule has 0 saturated heterocycles. The highest BCUT2D eigenvalue weighted by Crippen LogP contribution is 2.18. The molecule has 5 heteroatoms. The van der Waals surface area contributed by atoms with Gasteiger partial charge in [-0.25, -0.2) is 4.79 Å². The van der Waals surface area contributed by atoms with Crippen LogP contribution in [0.15, 0.2) is 54.6 Å². The average molecular weight is 355 g/mol. The minimum Gasteiger partial charge on any atom is -0.481 e. The molecule has 2 atom stereocenters. The Balaban J connectivity index is 1.88. The molecule has 0 fully saturated rings. The quantitative estimate of drug-likeness (QED) is 0.736. The molecule has 0 aromatic heterocycles. The molecule has 1 amide bonds. The topological polar surface area (TPSA) is 64.6 Å². The highest BCUT2D eigenvalue weighted by molar-refractivity contribution is 5.89. The molecule has 0 spiro atoms. The SMILES string of the molecule is CC[C@@H](CNC(=O)[C@H](C)Oc1ccc(C(=O)OC)cc1)c1ccccc1. The van der Waals surface area contributed by atoms with Crippen LogP contribution in [0, 0.1) is 0 Å². The van der Waals surface area contributed by atoms with Gasteiger partial charge in [0.2, 0.25) is 0 Å². The van der Waals surface area contributed by atoms with E-state index in [1.807, 2.05) is 18.2 Å². The van der Waals surface area contributed by atoms with Crippen LogP contribution in [-0.2, 0) is 9.53 Å². The third kappa shape index (κ3) is 5.34. The molecule has 26 heavy (non-hydrogen) atoms. The fourth-order valence-corrected chi connectivity index (χ4v) is 2.64. The van der Waals surface area contributed by atoms with Gasteiger partial charge < -0.3 is 14.8 Å². The lowest BCUT2D eigenvalue weighted by molar-refractivity contribution is -0.127. The van der Waals surface area contributed by atoms with Crippen molar-refractivity contribution in [3.63, 3.8) is 0 Å². The molecule has 138 valence electrons. The van der Waals surface area contributed by atoms with Crippen molar-refractivity contribution in [1.82, 2.24) is 5.32 Å². The van der Waals surface area contributed by atoms with Crippen molar-refractivity contribution in [2.45, 2.75) is 32.3 Å². The Morgan fingerprint density at radius 3 is 2.27 bits per heavy atom. The molecule has 0 radical (unpaired) electrons. The van der Waals surface area contributed by atoms with E-state index in [2.05, 4.69) is 29.1 Å². The van der Waals surface area contributed by atoms with Crippen LogP contribution in [0.4, 0.5) is 0 Å². The zero-order chi connectivity index (χ0) is 18.9. The first-order valence-electron chi connectivity index (χ1n) is 8.72. The van der Waals surface area contributed by atoms with Gasteiger partial charge in [-0.15, -0.1) is 0 Å². The van der Waals surface area contributed by atoms with Crippen LogP contribution in [-0.4, -0.2) is 31.6 Å². The lowest BCUT2D eigenvalue weighted by Gasteiger charge is -2.19. The second-order valence-electron chi connectivity index (χ2n) is 6.04. The first kappa shape index (κ1) is 19.5. The summed E-state index contributed by atoms with van der Waals surface area (Å²) in [5.74, 6) is 0.215. The highest BCUT2D eigenvalue weighted by Gasteiger charge is 2.17. The lowest BCUT2D eigenvalue weighted by Crippen LogP contribution is -2.38. The number of esters is 1. The van der Waals surface area contributed by atoms with E-state index in [0.717, 1.165) is 6.42 Å². The maximum absolute atomic E-state index is 12.3. The Labute approximate surface area is 154 Å². The fraction of sp³-hybridized carbons (Fsp3) is 0.333. The molecule has 1 N–H and O–H groups in total. The predicted octanol–water partition coefficient (Wildman–Crippen LogP) is 3.55. The molecule has 0 aliphatic heterocycles. The van der Waals surface area contributed by atoms with Crippen molar-refractivity contribution in [3.8, 4) is 5.75 Å². The first-order valence-corrected chi connectivity index (χ1v) is 8.72. The van der Waals surface area contributed by atoms with Gasteiger partial charge in [-0.1, -0.05) is 37.3 Å². The normalized spacial score (nSPS) is 12.7. The molecular weight excluding hydrogens is 330 g/mol. The number of ether oxygens (including phenoxy) is 2. The van der Waals surface area contributed by atoms with Crippen molar-refractivity contribution >= 4 is 11.9 Å². The van der Waals surface area contributed by atoms with Crippen LogP contribution in [0.2, 0.25) is 0 Å². The Hall–Kier alpha value is -2.82. The molecule has 0 unspecified atom stereocenters. The van der Waals surface area contributed by atoms with Crippen molar-refractivity contribution < 1.29 is 19.1 Å². The van der Waals surface area contributed by atoms with Gasteiger partial charge in [-0.05, 0) is 43.2 Å². The molecule has 5 nitrogen and oxygen atoms in total. The number of carbonyl (C=O) groups excluding carboxylic acids is 2. The maximum Gasteiger partial charge on any atom is 0.337 e. The molecule has 0 saturated carbocycles. The zero-order valence-corrected chi connectivity index (χ0v) is 15.4. The molecule has 2 rings (SSSR count). The van der Waals surface area contributed by atoms with E-state index in [1.54, 1.807) is 31.2 Å². The summed E-state index contributed by atoms with van der Waals surface area (Å²) in [6.07, 6.45) is 0.307. The third-order valence-corrected chi connectivity index (χ3v) is 4.24. The van der Waals surface area contributed by atoms with Crippen molar-refractivity contribution in [3.05, 3.63) is 65.7 Å². The molecule has 2 aromatic rings. The van der Waals surface area contributed by atoms with Crippen molar-refractivity contribution in [1.29, 1.82) is 0 Å². The summed E-state index contributed by atoms with van der Waals surface area (Å²) in [6, 6.07) is 16.6. The fourth-order valence-electron chi connectivity index (χ4n) is 2.64. The van der Waals surface area contributed by atoms with Crippen LogP contribution in [0.5, 0.6) is 5.75 Å². The average Bonchev–Trinajstić information content (AvgIpc) is 2.69. The lowest BCUT2D eigenvalue weighted by atomic mass is 9.96. The molecule has 0 aliphatic rings. The number of hydrogen-bond acceptors (Lipinski definition) is 4. The van der Waals surface area contributed by atoms with Crippen molar-refractivity contribution in [2.24, 2.45) is 0 Å². The van der Waals surface area contributed by atoms with Gasteiger partial charge >= 0.3 is 5.97 Å². The Kier molecular flexibility index (Phi) is 7.21. The number of amides is 1. The van der Waals surface area contributed by atoms with Gasteiger partial charge in [-0.2, -0.15) is 0 Å². The molecule has 0 heterocycles. The third-order valence-electron chi connectivity index (χ3n) is 4.24. The van der Waals surface area contributed by atoms with Gasteiger partial charge in [0.05, 0.1) is 12.7 Å². The predicted molar refractivity (Wildman–Crippen MR) is 100 cm³/mol. The summed E-state index contributed by atoms with van der Waals surface area (Å²) in [5, 5.41) is 2.95. The highest BCUT2D eigenvalue weighted by atomic mass is 16.5. The van der Waals surface area contributed by atoms with Crippen molar-refractivity contribution in [2.75, 3.05) is 13.7 Å². The van der Waals surface area contributed by atoms with Crippen LogP contribution in [0.25, 0.3) is 0 Å². The number of methoxy groups -OCH3 is 1. The summed E-state index contributed by atoms with van der Waals surface area (Å²) in [4.78, 5) is 23.7. The van der Waals surface area contributed by atoms with E-state index >= 15 is 0 Å². The standard InChI is InChI=1S/C21H25NO4/c1-4-16(17-8-6-5-7-9-17)14-22-20(23)15(2)26-19-12-10-18(11-13-19)21(24)25-3/h5-13,15-16H,4,14H2,1-3H3,(H,22,23)/t15-,16-/m0/s1. The van der Waals surface area contributed by atoms with Crippen LogP contribution in [0.3, 0.4) is 0 Å². The number of nitrogens with one attached hydrogen (secondary N) is 1. The van der Waals surface area contributed by atoms with Crippen LogP contribution in [0.1, 0.15) is 42.1 Å². The van der Waals surface area contributed by atoms with E-state index in [9.17, 15) is 9.59 Å². The first-order chi connectivity index (χ1) is 12.5. The Morgan fingerprint density at radius 2 is 1.69 bits per heavy atom. The summed E-state index contributed by atoms with van der Waals surface area (Å²) in [6.45, 7) is 4.37. The van der Waals surface area contributed by atoms with Gasteiger partial charge in [0, 0.05) is 12.5 Å². The maximum atomic E-state index is 12.3. The van der Waals surface area contributed by atoms with Crippen LogP contribution < -0.4 is 10.1 Å². The molecular formula is C21H25NO4. The monoisotopic (exact) mass is 355 g/mol. The number of benzene rings is 2. The Bertz CT molecular complexity index is 713. The minimum atomic E-state index is -0.632. The van der Waals surface area contributed by atoms with E-state index in [4.69, 9.17) is 4.74 Å². The van der Waals surface area contributed by atoms with Gasteiger partial charge in [-0.3, -0.25) is 4.79 Å². The molecule has 2 aromatic carbocycles. The summed E-state index contributed by atoms with van der Waals surface area (Å²) < 4.78 is 10.3. The smallest absolute Gasteiger partial charge is 0.337 e. The molecule has 0 bridgehead atoms. The van der Waals surface area contributed by atoms with E-state index in [-0.39, 0.29) is 11.8 Å². The van der Waals surface area contributed by atoms with Gasteiger partial charge in [0.25, 0.3) is 5.91 Å². The second kappa shape index (κ2) is 9.61. The summed E-state index contributed by atoms with van der Waals surface area (Å²) in [5.41, 5.74) is 1.65. The number of hydrogen-bond donors (Lipinski definition) is 1. The number of rotatable bonds is 8. The van der Waals surface area contributed by atoms with Gasteiger partial charge in [0.15, 0.2) is 6.10 Å². The van der Waals surface area contributed by atoms with E-state index in [1.165, 1.54) is 12.7 Å². The second-order valence-corrected chi connectivity index (χ2v) is 6.04. The Morgan fingerprint density at radius 1 is 1.04 bits per heavy atom. The largest absolute Gasteiger partial charge is 0.481 e.